The second kappa shape index (κ2) is 11.2. The van der Waals surface area contributed by atoms with Gasteiger partial charge in [0.15, 0.2) is 0 Å². The number of halogens is 1. The Labute approximate surface area is 179 Å². The standard InChI is InChI=1S/C21H23ClN2O6/c1-14(2)19(20(25)30-13-16-5-9-18(10-6-16)24(27)28)23-21(26)29-12-11-15-3-7-17(22)8-4-15/h3-10,14,19H,11-13H2,1-2H3,(H,23,26). The lowest BCUT2D eigenvalue weighted by Gasteiger charge is -2.20. The summed E-state index contributed by atoms with van der Waals surface area (Å²) in [6.45, 7) is 3.63. The van der Waals surface area contributed by atoms with Gasteiger partial charge in [-0.15, -0.1) is 0 Å². The van der Waals surface area contributed by atoms with Crippen molar-refractivity contribution >= 4 is 29.4 Å². The Bertz CT molecular complexity index is 868. The third-order valence-electron chi connectivity index (χ3n) is 4.26. The largest absolute Gasteiger partial charge is 0.459 e. The highest BCUT2D eigenvalue weighted by atomic mass is 35.5. The Balaban J connectivity index is 1.81. The molecule has 1 atom stereocenters. The average molecular weight is 435 g/mol. The van der Waals surface area contributed by atoms with Crippen LogP contribution in [0.5, 0.6) is 0 Å². The number of amides is 1. The third kappa shape index (κ3) is 7.36. The second-order valence-electron chi connectivity index (χ2n) is 6.91. The number of nitrogens with zero attached hydrogens (tertiary/aromatic N) is 1. The van der Waals surface area contributed by atoms with Gasteiger partial charge in [0, 0.05) is 23.6 Å². The van der Waals surface area contributed by atoms with E-state index in [0.29, 0.717) is 17.0 Å². The molecule has 0 heterocycles. The predicted molar refractivity (Wildman–Crippen MR) is 111 cm³/mol. The maximum absolute atomic E-state index is 12.4. The van der Waals surface area contributed by atoms with Gasteiger partial charge in [-0.2, -0.15) is 0 Å². The molecule has 0 saturated carbocycles. The van der Waals surface area contributed by atoms with Gasteiger partial charge in [-0.3, -0.25) is 10.1 Å². The summed E-state index contributed by atoms with van der Waals surface area (Å²) in [4.78, 5) is 34.6. The Hall–Kier alpha value is -3.13. The summed E-state index contributed by atoms with van der Waals surface area (Å²) in [5.74, 6) is -0.837. The Morgan fingerprint density at radius 1 is 1.03 bits per heavy atom. The molecule has 1 unspecified atom stereocenters. The zero-order valence-electron chi connectivity index (χ0n) is 16.7. The fourth-order valence-corrected chi connectivity index (χ4v) is 2.66. The van der Waals surface area contributed by atoms with Crippen LogP contribution in [0.25, 0.3) is 0 Å². The molecule has 8 nitrogen and oxygen atoms in total. The number of nitro groups is 1. The van der Waals surface area contributed by atoms with Gasteiger partial charge in [-0.05, 0) is 41.3 Å². The highest BCUT2D eigenvalue weighted by molar-refractivity contribution is 6.30. The summed E-state index contributed by atoms with van der Waals surface area (Å²) in [7, 11) is 0. The van der Waals surface area contributed by atoms with Crippen LogP contribution in [0.2, 0.25) is 5.02 Å². The third-order valence-corrected chi connectivity index (χ3v) is 4.51. The summed E-state index contributed by atoms with van der Waals surface area (Å²) >= 11 is 5.83. The summed E-state index contributed by atoms with van der Waals surface area (Å²) in [6.07, 6.45) is -0.198. The molecule has 160 valence electrons. The molecule has 2 aromatic carbocycles. The molecule has 0 fully saturated rings. The lowest BCUT2D eigenvalue weighted by atomic mass is 10.1. The van der Waals surface area contributed by atoms with Crippen LogP contribution in [0.4, 0.5) is 10.5 Å². The van der Waals surface area contributed by atoms with Crippen LogP contribution in [-0.4, -0.2) is 29.6 Å². The highest BCUT2D eigenvalue weighted by Gasteiger charge is 2.26. The molecule has 0 aliphatic rings. The SMILES string of the molecule is CC(C)C(NC(=O)OCCc1ccc(Cl)cc1)C(=O)OCc1ccc([N+](=O)[O-])cc1. The zero-order chi connectivity index (χ0) is 22.1. The van der Waals surface area contributed by atoms with Gasteiger partial charge in [-0.1, -0.05) is 37.6 Å². The van der Waals surface area contributed by atoms with Crippen molar-refractivity contribution in [1.29, 1.82) is 0 Å². The smallest absolute Gasteiger partial charge is 0.407 e. The quantitative estimate of drug-likeness (QED) is 0.358. The summed E-state index contributed by atoms with van der Waals surface area (Å²) in [5, 5.41) is 13.8. The van der Waals surface area contributed by atoms with Gasteiger partial charge in [-0.25, -0.2) is 9.59 Å². The molecule has 0 spiro atoms. The number of rotatable bonds is 9. The van der Waals surface area contributed by atoms with Gasteiger partial charge in [0.2, 0.25) is 0 Å². The van der Waals surface area contributed by atoms with Crippen molar-refractivity contribution in [3.8, 4) is 0 Å². The average Bonchev–Trinajstić information content (AvgIpc) is 2.71. The number of alkyl carbamates (subject to hydrolysis) is 1. The van der Waals surface area contributed by atoms with E-state index < -0.39 is 23.0 Å². The van der Waals surface area contributed by atoms with Crippen LogP contribution in [0.3, 0.4) is 0 Å². The molecule has 0 aliphatic heterocycles. The fraction of sp³-hybridized carbons (Fsp3) is 0.333. The Kier molecular flexibility index (Phi) is 8.61. The molecule has 2 aromatic rings. The van der Waals surface area contributed by atoms with E-state index in [1.807, 2.05) is 12.1 Å². The molecule has 9 heteroatoms. The number of nitro benzene ring substituents is 1. The molecule has 0 aromatic heterocycles. The van der Waals surface area contributed by atoms with Crippen molar-refractivity contribution < 1.29 is 24.0 Å². The van der Waals surface area contributed by atoms with E-state index in [0.717, 1.165) is 5.56 Å². The Morgan fingerprint density at radius 3 is 2.20 bits per heavy atom. The molecule has 30 heavy (non-hydrogen) atoms. The van der Waals surface area contributed by atoms with E-state index in [2.05, 4.69) is 5.32 Å². The Morgan fingerprint density at radius 2 is 1.63 bits per heavy atom. The molecule has 0 saturated heterocycles. The van der Waals surface area contributed by atoms with E-state index in [1.165, 1.54) is 24.3 Å². The van der Waals surface area contributed by atoms with Gasteiger partial charge in [0.1, 0.15) is 12.6 Å². The molecular formula is C21H23ClN2O6. The molecular weight excluding hydrogens is 412 g/mol. The van der Waals surface area contributed by atoms with Crippen molar-refractivity contribution in [2.24, 2.45) is 5.92 Å². The number of carbonyl (C=O) groups is 2. The molecule has 0 radical (unpaired) electrons. The number of ether oxygens (including phenoxy) is 2. The van der Waals surface area contributed by atoms with E-state index in [4.69, 9.17) is 21.1 Å². The number of nitrogens with one attached hydrogen (secondary N) is 1. The topological polar surface area (TPSA) is 108 Å². The van der Waals surface area contributed by atoms with Crippen molar-refractivity contribution in [2.45, 2.75) is 32.9 Å². The molecule has 2 rings (SSSR count). The number of hydrogen-bond donors (Lipinski definition) is 1. The number of hydrogen-bond acceptors (Lipinski definition) is 6. The first-order chi connectivity index (χ1) is 14.3. The van der Waals surface area contributed by atoms with E-state index >= 15 is 0 Å². The van der Waals surface area contributed by atoms with Crippen LogP contribution in [-0.2, 0) is 27.3 Å². The highest BCUT2D eigenvalue weighted by Crippen LogP contribution is 2.14. The van der Waals surface area contributed by atoms with Crippen LogP contribution in [0.15, 0.2) is 48.5 Å². The number of carbonyl (C=O) groups excluding carboxylic acids is 2. The van der Waals surface area contributed by atoms with E-state index in [1.54, 1.807) is 26.0 Å². The number of non-ortho nitro benzene ring substituents is 1. The maximum atomic E-state index is 12.4. The fourth-order valence-electron chi connectivity index (χ4n) is 2.54. The van der Waals surface area contributed by atoms with Crippen LogP contribution in [0, 0.1) is 16.0 Å². The lowest BCUT2D eigenvalue weighted by molar-refractivity contribution is -0.384. The summed E-state index contributed by atoms with van der Waals surface area (Å²) in [6, 6.07) is 12.0. The molecule has 0 aliphatic carbocycles. The zero-order valence-corrected chi connectivity index (χ0v) is 17.4. The maximum Gasteiger partial charge on any atom is 0.407 e. The van der Waals surface area contributed by atoms with Gasteiger partial charge < -0.3 is 14.8 Å². The van der Waals surface area contributed by atoms with Crippen LogP contribution >= 0.6 is 11.6 Å². The minimum Gasteiger partial charge on any atom is -0.459 e. The van der Waals surface area contributed by atoms with Crippen molar-refractivity contribution in [2.75, 3.05) is 6.61 Å². The van der Waals surface area contributed by atoms with E-state index in [9.17, 15) is 19.7 Å². The lowest BCUT2D eigenvalue weighted by Crippen LogP contribution is -2.45. The predicted octanol–water partition coefficient (Wildman–Crippen LogP) is 4.28. The summed E-state index contributed by atoms with van der Waals surface area (Å²) < 4.78 is 10.4. The van der Waals surface area contributed by atoms with Crippen LogP contribution < -0.4 is 5.32 Å². The number of esters is 1. The minimum atomic E-state index is -0.883. The van der Waals surface area contributed by atoms with Gasteiger partial charge in [0.05, 0.1) is 11.5 Å². The molecule has 1 amide bonds. The first-order valence-electron chi connectivity index (χ1n) is 9.34. The number of benzene rings is 2. The second-order valence-corrected chi connectivity index (χ2v) is 7.35. The minimum absolute atomic E-state index is 0.0480. The molecule has 1 N–H and O–H groups in total. The first kappa shape index (κ1) is 23.2. The monoisotopic (exact) mass is 434 g/mol. The first-order valence-corrected chi connectivity index (χ1v) is 9.71. The van der Waals surface area contributed by atoms with Gasteiger partial charge >= 0.3 is 12.1 Å². The normalized spacial score (nSPS) is 11.6. The van der Waals surface area contributed by atoms with Crippen molar-refractivity contribution in [3.05, 3.63) is 74.8 Å². The van der Waals surface area contributed by atoms with Crippen LogP contribution in [0.1, 0.15) is 25.0 Å². The van der Waals surface area contributed by atoms with Gasteiger partial charge in [0.25, 0.3) is 5.69 Å². The summed E-state index contributed by atoms with van der Waals surface area (Å²) in [5.41, 5.74) is 1.52. The molecule has 0 bridgehead atoms. The van der Waals surface area contributed by atoms with Crippen molar-refractivity contribution in [1.82, 2.24) is 5.32 Å². The van der Waals surface area contributed by atoms with Crippen molar-refractivity contribution in [3.63, 3.8) is 0 Å². The van der Waals surface area contributed by atoms with E-state index in [-0.39, 0.29) is 24.8 Å².